The predicted molar refractivity (Wildman–Crippen MR) is 96.0 cm³/mol. The summed E-state index contributed by atoms with van der Waals surface area (Å²) >= 11 is 3.75. The largest absolute Gasteiger partial charge is 0.493 e. The Morgan fingerprint density at radius 3 is 2.24 bits per heavy atom. The number of benzene rings is 1. The first kappa shape index (κ1) is 16.4. The van der Waals surface area contributed by atoms with Crippen LogP contribution in [0.1, 0.15) is 36.8 Å². The molecular weight excluding hydrogens is 388 g/mol. The highest BCUT2D eigenvalue weighted by Crippen LogP contribution is 2.56. The third kappa shape index (κ3) is 2.21. The molecule has 1 aromatic rings. The molecular formula is C18H19BrN2O4. The van der Waals surface area contributed by atoms with Crippen molar-refractivity contribution in [2.24, 2.45) is 0 Å². The van der Waals surface area contributed by atoms with Gasteiger partial charge in [0.25, 0.3) is 5.91 Å². The van der Waals surface area contributed by atoms with Gasteiger partial charge in [-0.2, -0.15) is 0 Å². The van der Waals surface area contributed by atoms with Crippen LogP contribution in [0.5, 0.6) is 11.5 Å². The Morgan fingerprint density at radius 2 is 1.68 bits per heavy atom. The van der Waals surface area contributed by atoms with Crippen LogP contribution in [-0.4, -0.2) is 31.7 Å². The maximum atomic E-state index is 12.2. The van der Waals surface area contributed by atoms with Gasteiger partial charge in [-0.1, -0.05) is 15.9 Å². The van der Waals surface area contributed by atoms with Gasteiger partial charge in [-0.3, -0.25) is 10.1 Å². The van der Waals surface area contributed by atoms with Crippen molar-refractivity contribution in [3.63, 3.8) is 0 Å². The summed E-state index contributed by atoms with van der Waals surface area (Å²) in [6, 6.07) is 3.62. The lowest BCUT2D eigenvalue weighted by molar-refractivity contribution is -0.125. The summed E-state index contributed by atoms with van der Waals surface area (Å²) in [7, 11) is 3.25. The highest BCUT2D eigenvalue weighted by atomic mass is 79.9. The van der Waals surface area contributed by atoms with E-state index in [1.807, 2.05) is 12.1 Å². The number of nitrogens with one attached hydrogen (secondary N) is 2. The lowest BCUT2D eigenvalue weighted by Gasteiger charge is -2.42. The molecule has 2 aliphatic carbocycles. The molecule has 0 radical (unpaired) electrons. The minimum absolute atomic E-state index is 0.187. The number of hydrogen-bond acceptors (Lipinski definition) is 4. The fourth-order valence-electron chi connectivity index (χ4n) is 4.32. The third-order valence-corrected chi connectivity index (χ3v) is 6.77. The lowest BCUT2D eigenvalue weighted by atomic mass is 9.65. The molecule has 1 aliphatic heterocycles. The number of urea groups is 1. The molecule has 0 bridgehead atoms. The van der Waals surface area contributed by atoms with Gasteiger partial charge in [0.2, 0.25) is 0 Å². The Hall–Kier alpha value is -2.02. The van der Waals surface area contributed by atoms with E-state index in [9.17, 15) is 9.59 Å². The molecule has 1 aromatic carbocycles. The second-order valence-electron chi connectivity index (χ2n) is 6.86. The molecule has 132 valence electrons. The first-order valence-electron chi connectivity index (χ1n) is 8.22. The van der Waals surface area contributed by atoms with E-state index in [0.717, 1.165) is 22.9 Å². The molecule has 0 atom stereocenters. The Kier molecular flexibility index (Phi) is 3.61. The molecule has 1 saturated heterocycles. The van der Waals surface area contributed by atoms with Gasteiger partial charge < -0.3 is 14.8 Å². The average Bonchev–Trinajstić information content (AvgIpc) is 3.02. The Labute approximate surface area is 154 Å². The molecule has 6 nitrogen and oxygen atoms in total. The van der Waals surface area contributed by atoms with Crippen LogP contribution in [0.2, 0.25) is 0 Å². The standard InChI is InChI=1S/C18H19BrN2O4/c1-24-12-7-10-8-14(19)17(11(10)9-13(12)25-2)3-5-18(6-4-17)15(22)20-16(23)21-18/h7-9H,3-6H2,1-2H3,(H2,20,21,22,23). The summed E-state index contributed by atoms with van der Waals surface area (Å²) in [5.74, 6) is 1.19. The molecule has 4 rings (SSSR count). The quantitative estimate of drug-likeness (QED) is 0.740. The topological polar surface area (TPSA) is 76.7 Å². The first-order valence-corrected chi connectivity index (χ1v) is 9.01. The predicted octanol–water partition coefficient (Wildman–Crippen LogP) is 2.84. The van der Waals surface area contributed by atoms with Crippen molar-refractivity contribution in [3.05, 3.63) is 27.7 Å². The van der Waals surface area contributed by atoms with E-state index in [0.29, 0.717) is 24.3 Å². The van der Waals surface area contributed by atoms with Crippen LogP contribution >= 0.6 is 15.9 Å². The number of halogens is 1. The monoisotopic (exact) mass is 406 g/mol. The zero-order chi connectivity index (χ0) is 17.8. The number of carbonyl (C=O) groups excluding carboxylic acids is 2. The summed E-state index contributed by atoms with van der Waals surface area (Å²) in [6.07, 6.45) is 4.84. The Bertz CT molecular complexity index is 810. The van der Waals surface area contributed by atoms with Crippen LogP contribution in [0.15, 0.2) is 16.6 Å². The Balaban J connectivity index is 1.71. The number of ether oxygens (including phenoxy) is 2. The van der Waals surface area contributed by atoms with Crippen molar-refractivity contribution in [1.82, 2.24) is 10.6 Å². The molecule has 2 fully saturated rings. The molecule has 1 heterocycles. The first-order chi connectivity index (χ1) is 11.9. The van der Waals surface area contributed by atoms with Crippen molar-refractivity contribution in [1.29, 1.82) is 0 Å². The second kappa shape index (κ2) is 5.49. The molecule has 1 saturated carbocycles. The van der Waals surface area contributed by atoms with E-state index < -0.39 is 11.6 Å². The maximum Gasteiger partial charge on any atom is 0.322 e. The summed E-state index contributed by atoms with van der Waals surface area (Å²) < 4.78 is 12.0. The van der Waals surface area contributed by atoms with Crippen LogP contribution in [0.25, 0.3) is 6.08 Å². The Morgan fingerprint density at radius 1 is 1.04 bits per heavy atom. The summed E-state index contributed by atoms with van der Waals surface area (Å²) in [6.45, 7) is 0. The van der Waals surface area contributed by atoms with E-state index in [1.54, 1.807) is 14.2 Å². The summed E-state index contributed by atoms with van der Waals surface area (Å²) in [5.41, 5.74) is 1.32. The number of fused-ring (bicyclic) bond motifs is 2. The van der Waals surface area contributed by atoms with Crippen LogP contribution in [0, 0.1) is 0 Å². The number of imide groups is 1. The summed E-state index contributed by atoms with van der Waals surface area (Å²) in [4.78, 5) is 23.8. The smallest absolute Gasteiger partial charge is 0.322 e. The number of carbonyl (C=O) groups is 2. The van der Waals surface area contributed by atoms with E-state index in [1.165, 1.54) is 5.56 Å². The van der Waals surface area contributed by atoms with Crippen molar-refractivity contribution in [2.45, 2.75) is 36.6 Å². The van der Waals surface area contributed by atoms with Gasteiger partial charge in [0.1, 0.15) is 5.54 Å². The SMILES string of the molecule is COc1cc2c(cc1OC)C1(CCC3(CC1)NC(=O)NC3=O)C(Br)=C2. The van der Waals surface area contributed by atoms with Crippen molar-refractivity contribution >= 4 is 33.9 Å². The highest BCUT2D eigenvalue weighted by Gasteiger charge is 2.54. The van der Waals surface area contributed by atoms with Crippen LogP contribution in [0.4, 0.5) is 4.79 Å². The van der Waals surface area contributed by atoms with Gasteiger partial charge in [-0.15, -0.1) is 0 Å². The fourth-order valence-corrected chi connectivity index (χ4v) is 5.18. The molecule has 0 unspecified atom stereocenters. The van der Waals surface area contributed by atoms with E-state index in [-0.39, 0.29) is 11.3 Å². The number of hydrogen-bond donors (Lipinski definition) is 2. The zero-order valence-electron chi connectivity index (χ0n) is 14.1. The minimum Gasteiger partial charge on any atom is -0.493 e. The van der Waals surface area contributed by atoms with Crippen LogP contribution in [-0.2, 0) is 10.2 Å². The maximum absolute atomic E-state index is 12.2. The normalized spacial score (nSPS) is 30.1. The molecule has 25 heavy (non-hydrogen) atoms. The van der Waals surface area contributed by atoms with Gasteiger partial charge in [0.15, 0.2) is 11.5 Å². The van der Waals surface area contributed by atoms with Crippen molar-refractivity contribution < 1.29 is 19.1 Å². The van der Waals surface area contributed by atoms with Crippen LogP contribution < -0.4 is 20.1 Å². The lowest BCUT2D eigenvalue weighted by Crippen LogP contribution is -2.52. The molecule has 2 N–H and O–H groups in total. The van der Waals surface area contributed by atoms with Gasteiger partial charge >= 0.3 is 6.03 Å². The fraction of sp³-hybridized carbons (Fsp3) is 0.444. The van der Waals surface area contributed by atoms with E-state index >= 15 is 0 Å². The highest BCUT2D eigenvalue weighted by molar-refractivity contribution is 9.11. The molecule has 3 aliphatic rings. The molecule has 7 heteroatoms. The van der Waals surface area contributed by atoms with Gasteiger partial charge in [-0.25, -0.2) is 4.79 Å². The van der Waals surface area contributed by atoms with Gasteiger partial charge in [-0.05, 0) is 55.0 Å². The van der Waals surface area contributed by atoms with Crippen molar-refractivity contribution in [2.75, 3.05) is 14.2 Å². The van der Waals surface area contributed by atoms with E-state index in [4.69, 9.17) is 9.47 Å². The van der Waals surface area contributed by atoms with Crippen LogP contribution in [0.3, 0.4) is 0 Å². The number of methoxy groups -OCH3 is 2. The van der Waals surface area contributed by atoms with E-state index in [2.05, 4.69) is 32.6 Å². The number of allylic oxidation sites excluding steroid dienone is 1. The van der Waals surface area contributed by atoms with Gasteiger partial charge in [0, 0.05) is 9.90 Å². The molecule has 0 aromatic heterocycles. The molecule has 3 amide bonds. The minimum atomic E-state index is -0.769. The third-order valence-electron chi connectivity index (χ3n) is 5.78. The second-order valence-corrected chi connectivity index (χ2v) is 7.71. The van der Waals surface area contributed by atoms with Gasteiger partial charge in [0.05, 0.1) is 14.2 Å². The number of rotatable bonds is 2. The molecule has 2 spiro atoms. The number of amides is 3. The average molecular weight is 407 g/mol. The summed E-state index contributed by atoms with van der Waals surface area (Å²) in [5, 5.41) is 5.19. The zero-order valence-corrected chi connectivity index (χ0v) is 15.7. The van der Waals surface area contributed by atoms with Crippen molar-refractivity contribution in [3.8, 4) is 11.5 Å².